The maximum Gasteiger partial charge on any atom is 0.322 e. The number of hydrogen-bond acceptors (Lipinski definition) is 2. The number of amides is 2. The van der Waals surface area contributed by atoms with Crippen molar-refractivity contribution in [2.24, 2.45) is 0 Å². The van der Waals surface area contributed by atoms with Crippen molar-refractivity contribution in [1.82, 2.24) is 4.90 Å². The van der Waals surface area contributed by atoms with Crippen LogP contribution in [0.3, 0.4) is 0 Å². The summed E-state index contributed by atoms with van der Waals surface area (Å²) in [7, 11) is 0. The predicted molar refractivity (Wildman–Crippen MR) is 84.8 cm³/mol. The van der Waals surface area contributed by atoms with Gasteiger partial charge in [0.15, 0.2) is 0 Å². The van der Waals surface area contributed by atoms with Gasteiger partial charge >= 0.3 is 12.0 Å². The van der Waals surface area contributed by atoms with Crippen molar-refractivity contribution in [3.05, 3.63) is 27.8 Å². The van der Waals surface area contributed by atoms with Crippen molar-refractivity contribution >= 4 is 40.3 Å². The molecule has 0 aliphatic carbocycles. The fourth-order valence-corrected chi connectivity index (χ4v) is 2.95. The molecule has 1 aliphatic heterocycles. The van der Waals surface area contributed by atoms with Gasteiger partial charge in [0.05, 0.1) is 12.1 Å². The van der Waals surface area contributed by atoms with E-state index in [2.05, 4.69) is 27.9 Å². The Labute approximate surface area is 131 Å². The summed E-state index contributed by atoms with van der Waals surface area (Å²) >= 11 is 2.16. The van der Waals surface area contributed by atoms with E-state index in [0.29, 0.717) is 6.54 Å². The van der Waals surface area contributed by atoms with Crippen LogP contribution >= 0.6 is 22.6 Å². The van der Waals surface area contributed by atoms with Crippen LogP contribution in [0.1, 0.15) is 25.7 Å². The van der Waals surface area contributed by atoms with Crippen molar-refractivity contribution in [1.29, 1.82) is 0 Å². The average molecular weight is 388 g/mol. The highest BCUT2D eigenvalue weighted by Gasteiger charge is 2.28. The smallest absolute Gasteiger partial charge is 0.322 e. The second-order valence-electron chi connectivity index (χ2n) is 4.85. The molecule has 1 atom stereocenters. The number of nitrogens with one attached hydrogen (secondary N) is 1. The Balaban J connectivity index is 2.06. The summed E-state index contributed by atoms with van der Waals surface area (Å²) in [6.45, 7) is 0.618. The Morgan fingerprint density at radius 1 is 1.35 bits per heavy atom. The first-order chi connectivity index (χ1) is 9.58. The summed E-state index contributed by atoms with van der Waals surface area (Å²) in [5.41, 5.74) is 0.762. The van der Waals surface area contributed by atoms with E-state index >= 15 is 0 Å². The molecule has 0 spiro atoms. The molecule has 6 heteroatoms. The van der Waals surface area contributed by atoms with Gasteiger partial charge in [-0.25, -0.2) is 4.79 Å². The highest BCUT2D eigenvalue weighted by Crippen LogP contribution is 2.22. The van der Waals surface area contributed by atoms with Gasteiger partial charge in [-0.15, -0.1) is 0 Å². The van der Waals surface area contributed by atoms with Gasteiger partial charge in [0, 0.05) is 16.2 Å². The number of anilines is 1. The molecule has 1 saturated heterocycles. The molecule has 5 nitrogen and oxygen atoms in total. The molecular formula is C14H17IN2O3. The summed E-state index contributed by atoms with van der Waals surface area (Å²) in [4.78, 5) is 24.9. The summed E-state index contributed by atoms with van der Waals surface area (Å²) in [5, 5.41) is 11.8. The molecule has 0 bridgehead atoms. The van der Waals surface area contributed by atoms with Crippen molar-refractivity contribution in [3.8, 4) is 0 Å². The van der Waals surface area contributed by atoms with Crippen LogP contribution < -0.4 is 5.32 Å². The fraction of sp³-hybridized carbons (Fsp3) is 0.429. The van der Waals surface area contributed by atoms with Crippen molar-refractivity contribution in [2.45, 2.75) is 31.7 Å². The Morgan fingerprint density at radius 2 is 2.10 bits per heavy atom. The zero-order chi connectivity index (χ0) is 14.5. The maximum absolute atomic E-state index is 12.3. The van der Waals surface area contributed by atoms with Gasteiger partial charge in [-0.05, 0) is 54.0 Å². The second kappa shape index (κ2) is 6.92. The van der Waals surface area contributed by atoms with Crippen LogP contribution in [0.15, 0.2) is 24.3 Å². The molecule has 0 radical (unpaired) electrons. The summed E-state index contributed by atoms with van der Waals surface area (Å²) in [6, 6.07) is 7.12. The van der Waals surface area contributed by atoms with Gasteiger partial charge in [-0.1, -0.05) is 12.1 Å². The first-order valence-electron chi connectivity index (χ1n) is 6.62. The molecule has 2 amide bonds. The zero-order valence-corrected chi connectivity index (χ0v) is 13.2. The van der Waals surface area contributed by atoms with Crippen molar-refractivity contribution in [3.63, 3.8) is 0 Å². The molecule has 2 N–H and O–H groups in total. The lowest BCUT2D eigenvalue weighted by Crippen LogP contribution is -2.46. The third kappa shape index (κ3) is 3.84. The van der Waals surface area contributed by atoms with Crippen LogP contribution in [0.4, 0.5) is 10.5 Å². The number of piperidine rings is 1. The van der Waals surface area contributed by atoms with E-state index in [4.69, 9.17) is 5.11 Å². The summed E-state index contributed by atoms with van der Waals surface area (Å²) in [5.74, 6) is -0.857. The zero-order valence-electron chi connectivity index (χ0n) is 11.0. The lowest BCUT2D eigenvalue weighted by molar-refractivity contribution is -0.138. The molecule has 108 valence electrons. The molecule has 1 aromatic rings. The molecule has 1 aromatic carbocycles. The normalized spacial score (nSPS) is 18.6. The monoisotopic (exact) mass is 388 g/mol. The Bertz CT molecular complexity index is 507. The quantitative estimate of drug-likeness (QED) is 0.782. The van der Waals surface area contributed by atoms with Gasteiger partial charge in [-0.2, -0.15) is 0 Å². The van der Waals surface area contributed by atoms with Crippen LogP contribution in [0.25, 0.3) is 0 Å². The number of nitrogens with zero attached hydrogens (tertiary/aromatic N) is 1. The lowest BCUT2D eigenvalue weighted by atomic mass is 10.00. The number of likely N-dealkylation sites (tertiary alicyclic amines) is 1. The van der Waals surface area contributed by atoms with E-state index in [1.807, 2.05) is 24.3 Å². The molecule has 1 fully saturated rings. The number of hydrogen-bond donors (Lipinski definition) is 2. The van der Waals surface area contributed by atoms with E-state index < -0.39 is 5.97 Å². The van der Waals surface area contributed by atoms with Crippen LogP contribution in [-0.2, 0) is 4.79 Å². The molecule has 0 saturated carbocycles. The van der Waals surface area contributed by atoms with Gasteiger partial charge in [0.25, 0.3) is 0 Å². The van der Waals surface area contributed by atoms with E-state index in [0.717, 1.165) is 28.5 Å². The Hall–Kier alpha value is -1.31. The first kappa shape index (κ1) is 15.1. The average Bonchev–Trinajstić information content (AvgIpc) is 2.41. The maximum atomic E-state index is 12.3. The minimum Gasteiger partial charge on any atom is -0.481 e. The highest BCUT2D eigenvalue weighted by molar-refractivity contribution is 14.1. The van der Waals surface area contributed by atoms with Crippen molar-refractivity contribution in [2.75, 3.05) is 11.9 Å². The molecule has 1 heterocycles. The minimum absolute atomic E-state index is 0.0132. The van der Waals surface area contributed by atoms with Crippen LogP contribution in [-0.4, -0.2) is 34.6 Å². The van der Waals surface area contributed by atoms with Crippen LogP contribution in [0, 0.1) is 3.57 Å². The van der Waals surface area contributed by atoms with Gasteiger partial charge in [0.1, 0.15) is 0 Å². The summed E-state index contributed by atoms with van der Waals surface area (Å²) < 4.78 is 0.963. The number of aliphatic carboxylic acids is 1. The number of halogens is 1. The molecule has 20 heavy (non-hydrogen) atoms. The standard InChI is InChI=1S/C14H17IN2O3/c15-11-6-1-2-7-12(11)16-14(20)17-8-4-3-5-10(17)9-13(18)19/h1-2,6-7,10H,3-5,8-9H2,(H,16,20)(H,18,19). The number of rotatable bonds is 3. The van der Waals surface area contributed by atoms with Gasteiger partial charge in [0.2, 0.25) is 0 Å². The topological polar surface area (TPSA) is 69.6 Å². The van der Waals surface area contributed by atoms with Crippen molar-refractivity contribution < 1.29 is 14.7 Å². The van der Waals surface area contributed by atoms with Crippen LogP contribution in [0.2, 0.25) is 0 Å². The van der Waals surface area contributed by atoms with Crippen LogP contribution in [0.5, 0.6) is 0 Å². The number of urea groups is 1. The van der Waals surface area contributed by atoms with E-state index in [9.17, 15) is 9.59 Å². The third-order valence-electron chi connectivity index (χ3n) is 3.41. The predicted octanol–water partition coefficient (Wildman–Crippen LogP) is 3.15. The largest absolute Gasteiger partial charge is 0.481 e. The molecule has 2 rings (SSSR count). The Morgan fingerprint density at radius 3 is 2.80 bits per heavy atom. The number of carboxylic acids is 1. The fourth-order valence-electron chi connectivity index (χ4n) is 2.43. The third-order valence-corrected chi connectivity index (χ3v) is 4.35. The van der Waals surface area contributed by atoms with E-state index in [-0.39, 0.29) is 18.5 Å². The minimum atomic E-state index is -0.857. The SMILES string of the molecule is O=C(O)CC1CCCCN1C(=O)Nc1ccccc1I. The number of carbonyl (C=O) groups excluding carboxylic acids is 1. The molecule has 1 unspecified atom stereocenters. The van der Waals surface area contributed by atoms with E-state index in [1.165, 1.54) is 0 Å². The van der Waals surface area contributed by atoms with Gasteiger partial charge in [-0.3, -0.25) is 4.79 Å². The number of carbonyl (C=O) groups is 2. The molecule has 1 aliphatic rings. The second-order valence-corrected chi connectivity index (χ2v) is 6.01. The Kier molecular flexibility index (Phi) is 5.22. The highest BCUT2D eigenvalue weighted by atomic mass is 127. The van der Waals surface area contributed by atoms with E-state index in [1.54, 1.807) is 4.90 Å². The first-order valence-corrected chi connectivity index (χ1v) is 7.70. The number of benzene rings is 1. The van der Waals surface area contributed by atoms with Gasteiger partial charge < -0.3 is 15.3 Å². The summed E-state index contributed by atoms with van der Waals surface area (Å²) in [6.07, 6.45) is 2.67. The number of carboxylic acid groups (broad SMARTS) is 1. The lowest BCUT2D eigenvalue weighted by Gasteiger charge is -2.35. The molecular weight excluding hydrogens is 371 g/mol. The number of para-hydroxylation sites is 1. The molecule has 0 aromatic heterocycles.